The van der Waals surface area contributed by atoms with E-state index in [1.807, 2.05) is 6.08 Å². The van der Waals surface area contributed by atoms with Crippen molar-refractivity contribution in [2.45, 2.75) is 226 Å². The van der Waals surface area contributed by atoms with Gasteiger partial charge in [-0.15, -0.1) is 0 Å². The Morgan fingerprint density at radius 1 is 0.344 bits per heavy atom. The van der Waals surface area contributed by atoms with E-state index in [-0.39, 0.29) is 31.6 Å². The summed E-state index contributed by atoms with van der Waals surface area (Å²) in [7, 11) is 0. The van der Waals surface area contributed by atoms with Gasteiger partial charge in [-0.3, -0.25) is 14.4 Å². The van der Waals surface area contributed by atoms with Crippen LogP contribution in [0.15, 0.2) is 109 Å². The molecule has 0 N–H and O–H groups in total. The van der Waals surface area contributed by atoms with Gasteiger partial charge in [-0.25, -0.2) is 0 Å². The van der Waals surface area contributed by atoms with Gasteiger partial charge in [-0.05, 0) is 83.5 Å². The topological polar surface area (TPSA) is 78.9 Å². The summed E-state index contributed by atoms with van der Waals surface area (Å²) in [5, 5.41) is 0. The van der Waals surface area contributed by atoms with Crippen LogP contribution in [-0.2, 0) is 28.6 Å². The Morgan fingerprint density at radius 2 is 0.656 bits per heavy atom. The van der Waals surface area contributed by atoms with Gasteiger partial charge in [0.15, 0.2) is 6.10 Å². The Hall–Kier alpha value is -3.93. The largest absolute Gasteiger partial charge is 0.462 e. The third-order valence-electron chi connectivity index (χ3n) is 10.6. The van der Waals surface area contributed by atoms with Crippen molar-refractivity contribution in [2.24, 2.45) is 0 Å². The molecule has 0 aromatic carbocycles. The molecule has 0 radical (unpaired) electrons. The number of carbonyl (C=O) groups excluding carboxylic acids is 3. The molecule has 1 atom stereocenters. The second kappa shape index (κ2) is 51.7. The predicted molar refractivity (Wildman–Crippen MR) is 274 cm³/mol. The summed E-state index contributed by atoms with van der Waals surface area (Å²) in [5.74, 6) is -1.06. The van der Waals surface area contributed by atoms with E-state index in [0.29, 0.717) is 12.8 Å². The summed E-state index contributed by atoms with van der Waals surface area (Å²) in [5.41, 5.74) is 0. The van der Waals surface area contributed by atoms with Crippen molar-refractivity contribution >= 4 is 17.9 Å². The summed E-state index contributed by atoms with van der Waals surface area (Å²) in [6.45, 7) is 6.29. The maximum atomic E-state index is 12.7. The Bertz CT molecular complexity index is 1340. The van der Waals surface area contributed by atoms with Crippen LogP contribution < -0.4 is 0 Å². The third-order valence-corrected chi connectivity index (χ3v) is 10.6. The van der Waals surface area contributed by atoms with Gasteiger partial charge in [0.05, 0.1) is 6.42 Å². The Kier molecular flexibility index (Phi) is 48.5. The highest BCUT2D eigenvalue weighted by atomic mass is 16.6. The van der Waals surface area contributed by atoms with E-state index in [0.717, 1.165) is 103 Å². The normalized spacial score (nSPS) is 13.0. The van der Waals surface area contributed by atoms with Crippen LogP contribution in [0, 0.1) is 0 Å². The average molecular weight is 887 g/mol. The van der Waals surface area contributed by atoms with Crippen LogP contribution >= 0.6 is 0 Å². The summed E-state index contributed by atoms with van der Waals surface area (Å²) in [4.78, 5) is 37.9. The average Bonchev–Trinajstić information content (AvgIpc) is 3.29. The van der Waals surface area contributed by atoms with Gasteiger partial charge in [-0.2, -0.15) is 0 Å². The van der Waals surface area contributed by atoms with Crippen molar-refractivity contribution in [3.8, 4) is 0 Å². The second-order valence-corrected chi connectivity index (χ2v) is 16.7. The molecule has 6 heteroatoms. The molecule has 0 aliphatic rings. The molecular weight excluding hydrogens is 793 g/mol. The molecule has 0 heterocycles. The second-order valence-electron chi connectivity index (χ2n) is 16.7. The number of unbranched alkanes of at least 4 members (excludes halogenated alkanes) is 17. The molecule has 0 saturated heterocycles. The van der Waals surface area contributed by atoms with Crippen LogP contribution in [0.3, 0.4) is 0 Å². The van der Waals surface area contributed by atoms with E-state index in [1.165, 1.54) is 77.0 Å². The van der Waals surface area contributed by atoms with Crippen LogP contribution in [0.5, 0.6) is 0 Å². The number of hydrogen-bond acceptors (Lipinski definition) is 6. The number of allylic oxidation sites excluding steroid dienone is 17. The first kappa shape index (κ1) is 60.1. The lowest BCUT2D eigenvalue weighted by molar-refractivity contribution is -0.166. The SMILES string of the molecule is CC/C=C\C/C=C\C/C=C\C/C=C\C/C=C\CC(=O)OC(COC(=O)CCCCCCCCCC/C=C\C/C=C\C/C=C\C/C=C\CC)COC(=O)CCCCCCCCCCCC. The molecule has 0 aliphatic carbocycles. The fraction of sp³-hybridized carbons (Fsp3) is 0.638. The van der Waals surface area contributed by atoms with Crippen LogP contribution in [0.2, 0.25) is 0 Å². The molecule has 0 fully saturated rings. The van der Waals surface area contributed by atoms with Gasteiger partial charge in [-0.1, -0.05) is 226 Å². The van der Waals surface area contributed by atoms with Gasteiger partial charge in [0, 0.05) is 12.8 Å². The number of hydrogen-bond donors (Lipinski definition) is 0. The monoisotopic (exact) mass is 887 g/mol. The minimum atomic E-state index is -0.834. The van der Waals surface area contributed by atoms with Crippen LogP contribution in [-0.4, -0.2) is 37.2 Å². The number of rotatable bonds is 45. The van der Waals surface area contributed by atoms with Crippen LogP contribution in [0.25, 0.3) is 0 Å². The highest BCUT2D eigenvalue weighted by Crippen LogP contribution is 2.14. The number of esters is 3. The van der Waals surface area contributed by atoms with Crippen molar-refractivity contribution in [3.63, 3.8) is 0 Å². The highest BCUT2D eigenvalue weighted by molar-refractivity contribution is 5.72. The zero-order valence-corrected chi connectivity index (χ0v) is 41.3. The lowest BCUT2D eigenvalue weighted by Gasteiger charge is -2.18. The summed E-state index contributed by atoms with van der Waals surface area (Å²) in [6.07, 6.45) is 69.6. The van der Waals surface area contributed by atoms with Gasteiger partial charge >= 0.3 is 17.9 Å². The van der Waals surface area contributed by atoms with Gasteiger partial charge in [0.25, 0.3) is 0 Å². The van der Waals surface area contributed by atoms with E-state index in [4.69, 9.17) is 14.2 Å². The molecule has 362 valence electrons. The van der Waals surface area contributed by atoms with Crippen LogP contribution in [0.1, 0.15) is 220 Å². The van der Waals surface area contributed by atoms with E-state index in [1.54, 1.807) is 6.08 Å². The van der Waals surface area contributed by atoms with Crippen LogP contribution in [0.4, 0.5) is 0 Å². The predicted octanol–water partition coefficient (Wildman–Crippen LogP) is 17.1. The van der Waals surface area contributed by atoms with E-state index in [9.17, 15) is 14.4 Å². The van der Waals surface area contributed by atoms with Gasteiger partial charge < -0.3 is 14.2 Å². The fourth-order valence-corrected chi connectivity index (χ4v) is 6.74. The molecule has 0 amide bonds. The van der Waals surface area contributed by atoms with Gasteiger partial charge in [0.2, 0.25) is 0 Å². The molecule has 64 heavy (non-hydrogen) atoms. The molecule has 6 nitrogen and oxygen atoms in total. The Labute approximate surface area is 393 Å². The van der Waals surface area contributed by atoms with E-state index >= 15 is 0 Å². The zero-order valence-electron chi connectivity index (χ0n) is 41.3. The summed E-state index contributed by atoms with van der Waals surface area (Å²) >= 11 is 0. The number of carbonyl (C=O) groups is 3. The molecule has 0 aromatic heterocycles. The Balaban J connectivity index is 4.45. The smallest absolute Gasteiger partial charge is 0.310 e. The first-order chi connectivity index (χ1) is 31.5. The van der Waals surface area contributed by atoms with Crippen molar-refractivity contribution in [1.29, 1.82) is 0 Å². The lowest BCUT2D eigenvalue weighted by atomic mass is 10.1. The van der Waals surface area contributed by atoms with Crippen molar-refractivity contribution in [2.75, 3.05) is 13.2 Å². The molecule has 1 unspecified atom stereocenters. The summed E-state index contributed by atoms with van der Waals surface area (Å²) in [6, 6.07) is 0. The maximum Gasteiger partial charge on any atom is 0.310 e. The molecule has 0 bridgehead atoms. The molecule has 0 rings (SSSR count). The fourth-order valence-electron chi connectivity index (χ4n) is 6.74. The highest BCUT2D eigenvalue weighted by Gasteiger charge is 2.19. The van der Waals surface area contributed by atoms with E-state index in [2.05, 4.69) is 118 Å². The first-order valence-corrected chi connectivity index (χ1v) is 25.9. The summed E-state index contributed by atoms with van der Waals surface area (Å²) < 4.78 is 16.7. The molecule has 0 aliphatic heterocycles. The molecule has 0 saturated carbocycles. The van der Waals surface area contributed by atoms with Crippen molar-refractivity contribution in [1.82, 2.24) is 0 Å². The quantitative estimate of drug-likeness (QED) is 0.0262. The lowest BCUT2D eigenvalue weighted by Crippen LogP contribution is -2.30. The van der Waals surface area contributed by atoms with Gasteiger partial charge in [0.1, 0.15) is 13.2 Å². The zero-order chi connectivity index (χ0) is 46.5. The minimum absolute atomic E-state index is 0.0931. The molecule has 0 aromatic rings. The van der Waals surface area contributed by atoms with E-state index < -0.39 is 12.1 Å². The molecular formula is C58H94O6. The maximum absolute atomic E-state index is 12.7. The first-order valence-electron chi connectivity index (χ1n) is 25.9. The van der Waals surface area contributed by atoms with Crippen molar-refractivity contribution < 1.29 is 28.6 Å². The van der Waals surface area contributed by atoms with Crippen molar-refractivity contribution in [3.05, 3.63) is 109 Å². The third kappa shape index (κ3) is 49.1. The molecule has 0 spiro atoms. The Morgan fingerprint density at radius 3 is 1.03 bits per heavy atom. The standard InChI is InChI=1S/C58H94O6/c1-4-7-10-13-16-19-22-24-26-27-28-29-30-31-33-34-36-39-42-45-48-51-57(60)63-54-55(53-62-56(59)50-47-44-41-38-21-18-15-12-9-6-3)64-58(61)52-49-46-43-40-37-35-32-25-23-20-17-14-11-8-5-2/h7-8,10-11,16-17,19-20,24-26,28-29,32,37,40,46,49,55H,4-6,9,12-15,18,21-23,27,30-31,33-36,38-39,41-45,47-48,50-54H2,1-3H3/b10-7-,11-8-,19-16-,20-17-,26-24-,29-28-,32-25-,40-37-,49-46-. The minimum Gasteiger partial charge on any atom is -0.462 e. The number of ether oxygens (including phenoxy) is 3.